The summed E-state index contributed by atoms with van der Waals surface area (Å²) in [6.07, 6.45) is 1.59. The van der Waals surface area contributed by atoms with Crippen LogP contribution < -0.4 is 4.74 Å². The molecule has 0 N–H and O–H groups in total. The standard InChI is InChI=1S/C15H21N3O/c1-11(2)8-18-15(16-10-17-18)9-19-14-6-5-12(3)7-13(14)4/h5-7,10-11H,8-9H2,1-4H3. The molecule has 0 radical (unpaired) electrons. The van der Waals surface area contributed by atoms with Crippen LogP contribution in [0.25, 0.3) is 0 Å². The number of ether oxygens (including phenoxy) is 1. The molecule has 1 heterocycles. The van der Waals surface area contributed by atoms with Gasteiger partial charge < -0.3 is 4.74 Å². The Balaban J connectivity index is 2.04. The number of rotatable bonds is 5. The molecule has 0 saturated heterocycles. The zero-order chi connectivity index (χ0) is 13.8. The summed E-state index contributed by atoms with van der Waals surface area (Å²) in [7, 11) is 0. The van der Waals surface area contributed by atoms with Crippen LogP contribution in [0, 0.1) is 19.8 Å². The van der Waals surface area contributed by atoms with Gasteiger partial charge in [-0.05, 0) is 31.4 Å². The molecular weight excluding hydrogens is 238 g/mol. The summed E-state index contributed by atoms with van der Waals surface area (Å²) in [4.78, 5) is 4.26. The van der Waals surface area contributed by atoms with Crippen molar-refractivity contribution in [2.45, 2.75) is 40.8 Å². The average molecular weight is 259 g/mol. The largest absolute Gasteiger partial charge is 0.485 e. The molecule has 2 rings (SSSR count). The van der Waals surface area contributed by atoms with Crippen LogP contribution in [-0.4, -0.2) is 14.8 Å². The molecule has 0 spiro atoms. The van der Waals surface area contributed by atoms with E-state index < -0.39 is 0 Å². The Morgan fingerprint density at radius 3 is 2.74 bits per heavy atom. The lowest BCUT2D eigenvalue weighted by molar-refractivity contribution is 0.281. The Hall–Kier alpha value is -1.84. The van der Waals surface area contributed by atoms with Gasteiger partial charge in [0.05, 0.1) is 0 Å². The SMILES string of the molecule is Cc1ccc(OCc2ncnn2CC(C)C)c(C)c1. The molecule has 0 aliphatic carbocycles. The fourth-order valence-corrected chi connectivity index (χ4v) is 2.00. The van der Waals surface area contributed by atoms with Gasteiger partial charge in [0, 0.05) is 6.54 Å². The van der Waals surface area contributed by atoms with E-state index in [-0.39, 0.29) is 0 Å². The molecule has 0 atom stereocenters. The number of hydrogen-bond donors (Lipinski definition) is 0. The second-order valence-electron chi connectivity index (χ2n) is 5.31. The fraction of sp³-hybridized carbons (Fsp3) is 0.467. The highest BCUT2D eigenvalue weighted by Crippen LogP contribution is 2.19. The molecular formula is C15H21N3O. The molecule has 1 aromatic heterocycles. The van der Waals surface area contributed by atoms with E-state index in [0.717, 1.165) is 23.7 Å². The van der Waals surface area contributed by atoms with Gasteiger partial charge in [0.15, 0.2) is 5.82 Å². The van der Waals surface area contributed by atoms with E-state index in [0.29, 0.717) is 12.5 Å². The van der Waals surface area contributed by atoms with E-state index in [2.05, 4.69) is 49.9 Å². The van der Waals surface area contributed by atoms with Gasteiger partial charge in [-0.25, -0.2) is 9.67 Å². The van der Waals surface area contributed by atoms with Crippen LogP contribution in [0.1, 0.15) is 30.8 Å². The van der Waals surface area contributed by atoms with Crippen LogP contribution in [0.15, 0.2) is 24.5 Å². The van der Waals surface area contributed by atoms with Crippen LogP contribution in [0.2, 0.25) is 0 Å². The van der Waals surface area contributed by atoms with Crippen molar-refractivity contribution in [2.75, 3.05) is 0 Å². The molecule has 0 aliphatic rings. The number of hydrogen-bond acceptors (Lipinski definition) is 3. The second kappa shape index (κ2) is 5.87. The Labute approximate surface area is 114 Å². The molecule has 0 amide bonds. The van der Waals surface area contributed by atoms with Crippen molar-refractivity contribution in [1.82, 2.24) is 14.8 Å². The van der Waals surface area contributed by atoms with Crippen molar-refractivity contribution in [3.8, 4) is 5.75 Å². The van der Waals surface area contributed by atoms with Crippen molar-refractivity contribution in [1.29, 1.82) is 0 Å². The minimum absolute atomic E-state index is 0.455. The highest BCUT2D eigenvalue weighted by Gasteiger charge is 2.08. The van der Waals surface area contributed by atoms with Crippen LogP contribution in [0.5, 0.6) is 5.75 Å². The van der Waals surface area contributed by atoms with Crippen LogP contribution >= 0.6 is 0 Å². The van der Waals surface area contributed by atoms with Crippen molar-refractivity contribution >= 4 is 0 Å². The van der Waals surface area contributed by atoms with Crippen molar-refractivity contribution in [3.63, 3.8) is 0 Å². The summed E-state index contributed by atoms with van der Waals surface area (Å²) in [5.41, 5.74) is 2.39. The van der Waals surface area contributed by atoms with Crippen molar-refractivity contribution < 1.29 is 4.74 Å². The summed E-state index contributed by atoms with van der Waals surface area (Å²) >= 11 is 0. The third-order valence-electron chi connectivity index (χ3n) is 2.92. The minimum Gasteiger partial charge on any atom is -0.485 e. The molecule has 0 fully saturated rings. The maximum atomic E-state index is 5.84. The lowest BCUT2D eigenvalue weighted by atomic mass is 10.1. The molecule has 102 valence electrons. The Kier molecular flexibility index (Phi) is 4.20. The first-order valence-corrected chi connectivity index (χ1v) is 6.63. The van der Waals surface area contributed by atoms with E-state index in [1.165, 1.54) is 5.56 Å². The zero-order valence-electron chi connectivity index (χ0n) is 12.1. The van der Waals surface area contributed by atoms with E-state index in [1.807, 2.05) is 10.7 Å². The van der Waals surface area contributed by atoms with Gasteiger partial charge in [0.2, 0.25) is 0 Å². The molecule has 0 unspecified atom stereocenters. The van der Waals surface area contributed by atoms with Gasteiger partial charge in [-0.1, -0.05) is 31.5 Å². The fourth-order valence-electron chi connectivity index (χ4n) is 2.00. The minimum atomic E-state index is 0.455. The van der Waals surface area contributed by atoms with Crippen LogP contribution in [-0.2, 0) is 13.2 Å². The highest BCUT2D eigenvalue weighted by atomic mass is 16.5. The summed E-state index contributed by atoms with van der Waals surface area (Å²) in [5, 5.41) is 4.23. The zero-order valence-corrected chi connectivity index (χ0v) is 12.1. The molecule has 1 aromatic carbocycles. The van der Waals surface area contributed by atoms with Crippen LogP contribution in [0.3, 0.4) is 0 Å². The van der Waals surface area contributed by atoms with Gasteiger partial charge in [-0.15, -0.1) is 0 Å². The van der Waals surface area contributed by atoms with Gasteiger partial charge >= 0.3 is 0 Å². The predicted molar refractivity (Wildman–Crippen MR) is 75.1 cm³/mol. The Morgan fingerprint density at radius 2 is 2.05 bits per heavy atom. The molecule has 2 aromatic rings. The third kappa shape index (κ3) is 3.56. The van der Waals surface area contributed by atoms with E-state index in [4.69, 9.17) is 4.74 Å². The second-order valence-corrected chi connectivity index (χ2v) is 5.31. The number of benzene rings is 1. The monoisotopic (exact) mass is 259 g/mol. The van der Waals surface area contributed by atoms with Crippen molar-refractivity contribution in [3.05, 3.63) is 41.5 Å². The van der Waals surface area contributed by atoms with Gasteiger partial charge in [-0.3, -0.25) is 0 Å². The Morgan fingerprint density at radius 1 is 1.26 bits per heavy atom. The smallest absolute Gasteiger partial charge is 0.164 e. The average Bonchev–Trinajstić information content (AvgIpc) is 2.74. The third-order valence-corrected chi connectivity index (χ3v) is 2.92. The van der Waals surface area contributed by atoms with Gasteiger partial charge in [0.25, 0.3) is 0 Å². The first kappa shape index (κ1) is 13.6. The number of aromatic nitrogens is 3. The van der Waals surface area contributed by atoms with Gasteiger partial charge in [0.1, 0.15) is 18.7 Å². The molecule has 0 aliphatic heterocycles. The first-order valence-electron chi connectivity index (χ1n) is 6.63. The highest BCUT2D eigenvalue weighted by molar-refractivity contribution is 5.35. The molecule has 19 heavy (non-hydrogen) atoms. The maximum absolute atomic E-state index is 5.84. The predicted octanol–water partition coefficient (Wildman–Crippen LogP) is 3.13. The molecule has 0 saturated carbocycles. The van der Waals surface area contributed by atoms with Gasteiger partial charge in [-0.2, -0.15) is 5.10 Å². The van der Waals surface area contributed by atoms with E-state index in [1.54, 1.807) is 6.33 Å². The van der Waals surface area contributed by atoms with E-state index >= 15 is 0 Å². The summed E-state index contributed by atoms with van der Waals surface area (Å²) < 4.78 is 7.75. The van der Waals surface area contributed by atoms with E-state index in [9.17, 15) is 0 Å². The Bertz CT molecular complexity index is 546. The quantitative estimate of drug-likeness (QED) is 0.828. The summed E-state index contributed by atoms with van der Waals surface area (Å²) in [6.45, 7) is 9.78. The molecule has 4 heteroatoms. The maximum Gasteiger partial charge on any atom is 0.164 e. The van der Waals surface area contributed by atoms with Crippen LogP contribution in [0.4, 0.5) is 0 Å². The summed E-state index contributed by atoms with van der Waals surface area (Å²) in [6, 6.07) is 6.18. The lowest BCUT2D eigenvalue weighted by Gasteiger charge is -2.11. The lowest BCUT2D eigenvalue weighted by Crippen LogP contribution is -2.12. The number of aryl methyl sites for hydroxylation is 2. The molecule has 4 nitrogen and oxygen atoms in total. The first-order chi connectivity index (χ1) is 9.06. The topological polar surface area (TPSA) is 39.9 Å². The number of nitrogens with zero attached hydrogens (tertiary/aromatic N) is 3. The molecule has 0 bridgehead atoms. The summed E-state index contributed by atoms with van der Waals surface area (Å²) in [5.74, 6) is 2.32. The normalized spacial score (nSPS) is 11.0. The van der Waals surface area contributed by atoms with Crippen molar-refractivity contribution in [2.24, 2.45) is 5.92 Å².